The summed E-state index contributed by atoms with van der Waals surface area (Å²) in [6, 6.07) is 9.00. The first-order valence-corrected chi connectivity index (χ1v) is 11.3. The van der Waals surface area contributed by atoms with Crippen molar-refractivity contribution in [3.63, 3.8) is 0 Å². The zero-order valence-electron chi connectivity index (χ0n) is 18.2. The molecule has 0 radical (unpaired) electrons. The molecule has 1 aromatic carbocycles. The lowest BCUT2D eigenvalue weighted by atomic mass is 9.95. The molecule has 2 aromatic rings. The summed E-state index contributed by atoms with van der Waals surface area (Å²) in [5.41, 5.74) is -0.0578. The van der Waals surface area contributed by atoms with Gasteiger partial charge in [0.2, 0.25) is 0 Å². The molecule has 1 aliphatic heterocycles. The van der Waals surface area contributed by atoms with E-state index in [2.05, 4.69) is 24.1 Å². The van der Waals surface area contributed by atoms with Gasteiger partial charge in [0.25, 0.3) is 5.91 Å². The average Bonchev–Trinajstić information content (AvgIpc) is 3.03. The molecule has 162 valence electrons. The Morgan fingerprint density at radius 3 is 2.70 bits per heavy atom. The highest BCUT2D eigenvalue weighted by Gasteiger charge is 2.43. The summed E-state index contributed by atoms with van der Waals surface area (Å²) in [5.74, 6) is 0.852. The van der Waals surface area contributed by atoms with Crippen molar-refractivity contribution in [1.82, 2.24) is 10.3 Å². The number of rotatable bonds is 12. The SMILES string of the molecule is CCCCCCCCCC(C)COc1cccc(C2(O)NC(=O)c3cnccc32)c1. The first-order chi connectivity index (χ1) is 14.5. The summed E-state index contributed by atoms with van der Waals surface area (Å²) in [7, 11) is 0. The first kappa shape index (κ1) is 22.3. The monoisotopic (exact) mass is 410 g/mol. The molecule has 0 aliphatic carbocycles. The summed E-state index contributed by atoms with van der Waals surface area (Å²) in [5, 5.41) is 13.9. The number of benzene rings is 1. The fourth-order valence-corrected chi connectivity index (χ4v) is 4.00. The van der Waals surface area contributed by atoms with Gasteiger partial charge in [-0.05, 0) is 30.5 Å². The van der Waals surface area contributed by atoms with Crippen molar-refractivity contribution in [2.45, 2.75) is 70.9 Å². The molecule has 1 aromatic heterocycles. The van der Waals surface area contributed by atoms with Crippen molar-refractivity contribution >= 4 is 5.91 Å². The lowest BCUT2D eigenvalue weighted by molar-refractivity contribution is 0.0473. The van der Waals surface area contributed by atoms with Crippen LogP contribution in [-0.4, -0.2) is 22.6 Å². The highest BCUT2D eigenvalue weighted by atomic mass is 16.5. The van der Waals surface area contributed by atoms with Crippen LogP contribution in [0.5, 0.6) is 5.75 Å². The summed E-state index contributed by atoms with van der Waals surface area (Å²) in [6.07, 6.45) is 13.4. The Bertz CT molecular complexity index is 839. The highest BCUT2D eigenvalue weighted by Crippen LogP contribution is 2.35. The molecular weight excluding hydrogens is 376 g/mol. The van der Waals surface area contributed by atoms with E-state index < -0.39 is 5.72 Å². The Balaban J connectivity index is 1.51. The van der Waals surface area contributed by atoms with Crippen molar-refractivity contribution < 1.29 is 14.6 Å². The second kappa shape index (κ2) is 10.6. The molecule has 2 N–H and O–H groups in total. The number of carbonyl (C=O) groups excluding carboxylic acids is 1. The zero-order chi connectivity index (χ0) is 21.4. The van der Waals surface area contributed by atoms with Gasteiger partial charge >= 0.3 is 0 Å². The van der Waals surface area contributed by atoms with Crippen LogP contribution in [0.1, 0.15) is 86.7 Å². The minimum atomic E-state index is -1.56. The van der Waals surface area contributed by atoms with Crippen molar-refractivity contribution in [3.05, 3.63) is 59.4 Å². The van der Waals surface area contributed by atoms with E-state index in [0.29, 0.717) is 35.0 Å². The van der Waals surface area contributed by atoms with Gasteiger partial charge in [0.15, 0.2) is 5.72 Å². The van der Waals surface area contributed by atoms with Gasteiger partial charge in [0.1, 0.15) is 5.75 Å². The summed E-state index contributed by atoms with van der Waals surface area (Å²) in [6.45, 7) is 5.11. The highest BCUT2D eigenvalue weighted by molar-refractivity contribution is 6.00. The van der Waals surface area contributed by atoms with Gasteiger partial charge in [-0.1, -0.05) is 70.9 Å². The molecule has 0 saturated heterocycles. The van der Waals surface area contributed by atoms with E-state index in [1.165, 1.54) is 51.1 Å². The van der Waals surface area contributed by atoms with E-state index in [1.807, 2.05) is 12.1 Å². The van der Waals surface area contributed by atoms with Crippen LogP contribution in [0.2, 0.25) is 0 Å². The maximum absolute atomic E-state index is 12.2. The minimum absolute atomic E-state index is 0.324. The van der Waals surface area contributed by atoms with Crippen LogP contribution in [0.25, 0.3) is 0 Å². The third-order valence-electron chi connectivity index (χ3n) is 5.84. The largest absolute Gasteiger partial charge is 0.493 e. The number of ether oxygens (including phenoxy) is 1. The average molecular weight is 411 g/mol. The molecule has 5 heteroatoms. The molecule has 0 fully saturated rings. The lowest BCUT2D eigenvalue weighted by Gasteiger charge is -2.25. The molecular formula is C25H34N2O3. The predicted octanol–water partition coefficient (Wildman–Crippen LogP) is 5.17. The predicted molar refractivity (Wildman–Crippen MR) is 118 cm³/mol. The first-order valence-electron chi connectivity index (χ1n) is 11.3. The lowest BCUT2D eigenvalue weighted by Crippen LogP contribution is -2.40. The molecule has 2 unspecified atom stereocenters. The van der Waals surface area contributed by atoms with Crippen LogP contribution >= 0.6 is 0 Å². The molecule has 1 aliphatic rings. The topological polar surface area (TPSA) is 71.5 Å². The number of aliphatic hydroxyl groups is 1. The number of aromatic nitrogens is 1. The number of pyridine rings is 1. The molecule has 0 saturated carbocycles. The molecule has 3 rings (SSSR count). The van der Waals surface area contributed by atoms with Crippen LogP contribution in [0, 0.1) is 5.92 Å². The molecule has 0 bridgehead atoms. The van der Waals surface area contributed by atoms with E-state index in [1.54, 1.807) is 24.4 Å². The van der Waals surface area contributed by atoms with E-state index >= 15 is 0 Å². The number of hydrogen-bond donors (Lipinski definition) is 2. The Morgan fingerprint density at radius 1 is 1.13 bits per heavy atom. The number of unbranched alkanes of at least 4 members (excludes halogenated alkanes) is 6. The summed E-state index contributed by atoms with van der Waals surface area (Å²) >= 11 is 0. The molecule has 1 amide bonds. The van der Waals surface area contributed by atoms with Crippen molar-refractivity contribution in [2.24, 2.45) is 5.92 Å². The Hall–Kier alpha value is -2.40. The molecule has 2 atom stereocenters. The summed E-state index contributed by atoms with van der Waals surface area (Å²) in [4.78, 5) is 16.2. The molecule has 5 nitrogen and oxygen atoms in total. The zero-order valence-corrected chi connectivity index (χ0v) is 18.2. The van der Waals surface area contributed by atoms with Gasteiger partial charge in [0, 0.05) is 23.5 Å². The number of amides is 1. The van der Waals surface area contributed by atoms with Crippen molar-refractivity contribution in [3.8, 4) is 5.75 Å². The standard InChI is InChI=1S/C25H34N2O3/c1-3-4-5-6-7-8-9-11-19(2)18-30-21-13-10-12-20(16-21)25(29)23-14-15-26-17-22(23)24(28)27-25/h10,12-17,19,29H,3-9,11,18H2,1-2H3,(H,27,28). The van der Waals surface area contributed by atoms with Gasteiger partial charge in [0.05, 0.1) is 12.2 Å². The van der Waals surface area contributed by atoms with Crippen LogP contribution in [0.15, 0.2) is 42.7 Å². The number of nitrogens with zero attached hydrogens (tertiary/aromatic N) is 1. The van der Waals surface area contributed by atoms with Gasteiger partial charge in [-0.3, -0.25) is 9.78 Å². The van der Waals surface area contributed by atoms with Gasteiger partial charge in [-0.2, -0.15) is 0 Å². The normalized spacial score (nSPS) is 18.7. The van der Waals surface area contributed by atoms with Gasteiger partial charge in [-0.25, -0.2) is 0 Å². The number of hydrogen-bond acceptors (Lipinski definition) is 4. The van der Waals surface area contributed by atoms with E-state index in [0.717, 1.165) is 6.42 Å². The van der Waals surface area contributed by atoms with Crippen LogP contribution in [0.4, 0.5) is 0 Å². The maximum Gasteiger partial charge on any atom is 0.256 e. The fourth-order valence-electron chi connectivity index (χ4n) is 4.00. The second-order valence-corrected chi connectivity index (χ2v) is 8.44. The third-order valence-corrected chi connectivity index (χ3v) is 5.84. The summed E-state index contributed by atoms with van der Waals surface area (Å²) < 4.78 is 6.00. The van der Waals surface area contributed by atoms with E-state index in [4.69, 9.17) is 4.74 Å². The van der Waals surface area contributed by atoms with E-state index in [9.17, 15) is 9.90 Å². The minimum Gasteiger partial charge on any atom is -0.493 e. The van der Waals surface area contributed by atoms with Crippen LogP contribution in [-0.2, 0) is 5.72 Å². The van der Waals surface area contributed by atoms with Gasteiger partial charge < -0.3 is 15.2 Å². The smallest absolute Gasteiger partial charge is 0.256 e. The Morgan fingerprint density at radius 2 is 1.90 bits per heavy atom. The number of carbonyl (C=O) groups is 1. The Labute approximate surface area is 179 Å². The fraction of sp³-hybridized carbons (Fsp3) is 0.520. The Kier molecular flexibility index (Phi) is 7.86. The van der Waals surface area contributed by atoms with Crippen molar-refractivity contribution in [1.29, 1.82) is 0 Å². The second-order valence-electron chi connectivity index (χ2n) is 8.44. The van der Waals surface area contributed by atoms with Crippen molar-refractivity contribution in [2.75, 3.05) is 6.61 Å². The molecule has 2 heterocycles. The van der Waals surface area contributed by atoms with Crippen LogP contribution < -0.4 is 10.1 Å². The number of fused-ring (bicyclic) bond motifs is 1. The number of nitrogens with one attached hydrogen (secondary N) is 1. The maximum atomic E-state index is 12.2. The molecule has 0 spiro atoms. The van der Waals surface area contributed by atoms with E-state index in [-0.39, 0.29) is 5.91 Å². The van der Waals surface area contributed by atoms with Gasteiger partial charge in [-0.15, -0.1) is 0 Å². The quantitative estimate of drug-likeness (QED) is 0.473. The molecule has 30 heavy (non-hydrogen) atoms. The third kappa shape index (κ3) is 5.39. The van der Waals surface area contributed by atoms with Crippen LogP contribution in [0.3, 0.4) is 0 Å².